The number of benzene rings is 1. The first-order valence-corrected chi connectivity index (χ1v) is 7.97. The number of aryl methyl sites for hydroxylation is 1. The first-order chi connectivity index (χ1) is 12.6. The van der Waals surface area contributed by atoms with Crippen LogP contribution in [0, 0.1) is 23.7 Å². The van der Waals surface area contributed by atoms with Crippen molar-refractivity contribution >= 4 is 23.7 Å². The van der Waals surface area contributed by atoms with Crippen LogP contribution in [0.15, 0.2) is 36.7 Å². The largest absolute Gasteiger partial charge is 0.365 e. The zero-order chi connectivity index (χ0) is 18.5. The van der Waals surface area contributed by atoms with E-state index in [-0.39, 0.29) is 0 Å². The molecule has 0 saturated heterocycles. The van der Waals surface area contributed by atoms with Gasteiger partial charge in [-0.05, 0) is 18.6 Å². The molecule has 130 valence electrons. The molecule has 8 nitrogen and oxygen atoms in total. The summed E-state index contributed by atoms with van der Waals surface area (Å²) >= 11 is 0. The molecule has 0 fully saturated rings. The van der Waals surface area contributed by atoms with E-state index < -0.39 is 0 Å². The smallest absolute Gasteiger partial charge is 0.229 e. The number of rotatable bonds is 6. The zero-order valence-corrected chi connectivity index (χ0v) is 14.5. The second-order valence-electron chi connectivity index (χ2n) is 5.66. The van der Waals surface area contributed by atoms with Gasteiger partial charge in [0.15, 0.2) is 0 Å². The molecule has 0 amide bonds. The molecule has 0 aliphatic rings. The summed E-state index contributed by atoms with van der Waals surface area (Å²) in [6.45, 7) is 2.37. The molecule has 26 heavy (non-hydrogen) atoms. The molecule has 0 atom stereocenters. The van der Waals surface area contributed by atoms with Gasteiger partial charge in [0, 0.05) is 26.0 Å². The highest BCUT2D eigenvalue weighted by Gasteiger charge is 2.10. The molecule has 0 saturated carbocycles. The summed E-state index contributed by atoms with van der Waals surface area (Å²) in [5.74, 6) is 0.926. The third-order valence-corrected chi connectivity index (χ3v) is 4.04. The topological polar surface area (TPSA) is 115 Å². The average Bonchev–Trinajstić information content (AvgIpc) is 2.98. The number of aromatic nitrogens is 4. The molecular formula is C18H18N8. The lowest BCUT2D eigenvalue weighted by Gasteiger charge is -2.11. The summed E-state index contributed by atoms with van der Waals surface area (Å²) < 4.78 is 1.76. The number of nitrogens with one attached hydrogen (secondary N) is 3. The van der Waals surface area contributed by atoms with Crippen LogP contribution in [-0.2, 0) is 13.6 Å². The van der Waals surface area contributed by atoms with Crippen molar-refractivity contribution in [1.82, 2.24) is 19.7 Å². The van der Waals surface area contributed by atoms with Crippen LogP contribution >= 0.6 is 0 Å². The maximum absolute atomic E-state index is 9.20. The first kappa shape index (κ1) is 17.1. The van der Waals surface area contributed by atoms with Gasteiger partial charge in [-0.3, -0.25) is 4.68 Å². The Morgan fingerprint density at radius 2 is 2.12 bits per heavy atom. The summed E-state index contributed by atoms with van der Waals surface area (Å²) in [6.07, 6.45) is 4.48. The van der Waals surface area contributed by atoms with Crippen molar-refractivity contribution < 1.29 is 0 Å². The number of nitrogens with zero attached hydrogens (tertiary/aromatic N) is 5. The second-order valence-corrected chi connectivity index (χ2v) is 5.66. The lowest BCUT2D eigenvalue weighted by atomic mass is 10.1. The third-order valence-electron chi connectivity index (χ3n) is 4.04. The summed E-state index contributed by atoms with van der Waals surface area (Å²) in [7, 11) is 1.86. The van der Waals surface area contributed by atoms with Crippen molar-refractivity contribution in [2.75, 3.05) is 10.6 Å². The van der Waals surface area contributed by atoms with Crippen LogP contribution in [0.1, 0.15) is 22.4 Å². The molecule has 3 rings (SSSR count). The van der Waals surface area contributed by atoms with Crippen molar-refractivity contribution in [3.05, 3.63) is 59.0 Å². The molecule has 2 heterocycles. The van der Waals surface area contributed by atoms with E-state index >= 15 is 0 Å². The predicted octanol–water partition coefficient (Wildman–Crippen LogP) is 2.74. The molecule has 3 N–H and O–H groups in total. The molecule has 8 heteroatoms. The Morgan fingerprint density at radius 1 is 1.31 bits per heavy atom. The van der Waals surface area contributed by atoms with E-state index in [0.717, 1.165) is 16.9 Å². The normalized spacial score (nSPS) is 10.2. The minimum atomic E-state index is 0.405. The molecule has 0 bridgehead atoms. The highest BCUT2D eigenvalue weighted by molar-refractivity contribution is 5.84. The van der Waals surface area contributed by atoms with E-state index in [1.165, 1.54) is 6.21 Å². The molecule has 0 aliphatic heterocycles. The number of hydrogen-bond acceptors (Lipinski definition) is 7. The van der Waals surface area contributed by atoms with Gasteiger partial charge in [-0.25, -0.2) is 4.98 Å². The molecular weight excluding hydrogens is 328 g/mol. The average molecular weight is 346 g/mol. The zero-order valence-electron chi connectivity index (χ0n) is 14.5. The fourth-order valence-electron chi connectivity index (χ4n) is 2.40. The van der Waals surface area contributed by atoms with Gasteiger partial charge in [0.05, 0.1) is 34.8 Å². The van der Waals surface area contributed by atoms with Crippen LogP contribution in [0.2, 0.25) is 0 Å². The van der Waals surface area contributed by atoms with E-state index in [2.05, 4.69) is 31.8 Å². The maximum Gasteiger partial charge on any atom is 0.229 e. The van der Waals surface area contributed by atoms with Gasteiger partial charge in [-0.2, -0.15) is 15.3 Å². The quantitative estimate of drug-likeness (QED) is 0.591. The minimum absolute atomic E-state index is 0.405. The Kier molecular flexibility index (Phi) is 4.90. The summed E-state index contributed by atoms with van der Waals surface area (Å²) in [6, 6.07) is 9.54. The molecule has 0 aliphatic carbocycles. The van der Waals surface area contributed by atoms with Gasteiger partial charge in [0.2, 0.25) is 5.95 Å². The number of hydrogen-bond donors (Lipinski definition) is 3. The van der Waals surface area contributed by atoms with Gasteiger partial charge >= 0.3 is 0 Å². The molecule has 3 aromatic rings. The highest BCUT2D eigenvalue weighted by atomic mass is 15.3. The third kappa shape index (κ3) is 3.52. The SMILES string of the molecule is Cc1c(Nc2ncc(C=N)c(NCc3ccccc3C#N)n2)cnn1C. The van der Waals surface area contributed by atoms with E-state index in [1.54, 1.807) is 23.1 Å². The van der Waals surface area contributed by atoms with E-state index in [1.807, 2.05) is 32.2 Å². The van der Waals surface area contributed by atoms with E-state index in [0.29, 0.717) is 29.4 Å². The summed E-state index contributed by atoms with van der Waals surface area (Å²) in [5.41, 5.74) is 3.81. The van der Waals surface area contributed by atoms with Crippen LogP contribution in [0.5, 0.6) is 0 Å². The van der Waals surface area contributed by atoms with Gasteiger partial charge in [0.25, 0.3) is 0 Å². The summed E-state index contributed by atoms with van der Waals surface area (Å²) in [4.78, 5) is 8.70. The second kappa shape index (κ2) is 7.44. The monoisotopic (exact) mass is 346 g/mol. The lowest BCUT2D eigenvalue weighted by Crippen LogP contribution is -2.08. The molecule has 0 unspecified atom stereocenters. The van der Waals surface area contributed by atoms with Crippen molar-refractivity contribution in [2.45, 2.75) is 13.5 Å². The number of anilines is 3. The maximum atomic E-state index is 9.20. The Morgan fingerprint density at radius 3 is 2.81 bits per heavy atom. The van der Waals surface area contributed by atoms with E-state index in [9.17, 15) is 5.26 Å². The van der Waals surface area contributed by atoms with Crippen molar-refractivity contribution in [3.63, 3.8) is 0 Å². The number of nitriles is 1. The van der Waals surface area contributed by atoms with Crippen molar-refractivity contribution in [1.29, 1.82) is 10.7 Å². The highest BCUT2D eigenvalue weighted by Crippen LogP contribution is 2.20. The Labute approximate surface area is 151 Å². The standard InChI is InChI=1S/C18H18N8/c1-12-16(11-23-26(12)2)24-18-22-10-15(8-20)17(25-18)21-9-14-6-4-3-5-13(14)7-19/h3-6,8,10-11,20H,9H2,1-2H3,(H2,21,22,24,25). The summed E-state index contributed by atoms with van der Waals surface area (Å²) in [5, 5.41) is 27.2. The minimum Gasteiger partial charge on any atom is -0.365 e. The van der Waals surface area contributed by atoms with E-state index in [4.69, 9.17) is 5.41 Å². The Bertz CT molecular complexity index is 983. The lowest BCUT2D eigenvalue weighted by molar-refractivity contribution is 0.740. The van der Waals surface area contributed by atoms with Gasteiger partial charge in [0.1, 0.15) is 5.82 Å². The molecule has 1 aromatic carbocycles. The van der Waals surface area contributed by atoms with Crippen LogP contribution in [-0.4, -0.2) is 26.0 Å². The van der Waals surface area contributed by atoms with Crippen LogP contribution in [0.3, 0.4) is 0 Å². The van der Waals surface area contributed by atoms with Gasteiger partial charge < -0.3 is 16.0 Å². The predicted molar refractivity (Wildman–Crippen MR) is 99.6 cm³/mol. The van der Waals surface area contributed by atoms with Crippen molar-refractivity contribution in [3.8, 4) is 6.07 Å². The van der Waals surface area contributed by atoms with Gasteiger partial charge in [-0.15, -0.1) is 0 Å². The van der Waals surface area contributed by atoms with Crippen LogP contribution in [0.25, 0.3) is 0 Å². The fraction of sp³-hybridized carbons (Fsp3) is 0.167. The fourth-order valence-corrected chi connectivity index (χ4v) is 2.40. The van der Waals surface area contributed by atoms with Gasteiger partial charge in [-0.1, -0.05) is 18.2 Å². The molecule has 2 aromatic heterocycles. The van der Waals surface area contributed by atoms with Crippen molar-refractivity contribution in [2.24, 2.45) is 7.05 Å². The molecule has 0 radical (unpaired) electrons. The first-order valence-electron chi connectivity index (χ1n) is 7.97. The van der Waals surface area contributed by atoms with Crippen LogP contribution < -0.4 is 10.6 Å². The Balaban J connectivity index is 1.83. The van der Waals surface area contributed by atoms with Crippen LogP contribution in [0.4, 0.5) is 17.5 Å². The Hall–Kier alpha value is -3.73. The molecule has 0 spiro atoms.